The number of amides is 2. The van der Waals surface area contributed by atoms with Crippen LogP contribution in [0.5, 0.6) is 0 Å². The number of fused-ring (bicyclic) bond motifs is 1. The largest absolute Gasteiger partial charge is 0.379 e. The smallest absolute Gasteiger partial charge is 0.268 e. The molecule has 1 saturated heterocycles. The van der Waals surface area contributed by atoms with E-state index in [0.29, 0.717) is 5.69 Å². The minimum atomic E-state index is -0.412. The Labute approximate surface area is 213 Å². The van der Waals surface area contributed by atoms with Crippen LogP contribution in [0, 0.1) is 23.2 Å². The summed E-state index contributed by atoms with van der Waals surface area (Å²) in [5.41, 5.74) is 1.71. The number of hydrogen-bond donors (Lipinski definition) is 2. The fraction of sp³-hybridized carbons (Fsp3) is 0.607. The molecule has 192 valence electrons. The van der Waals surface area contributed by atoms with Crippen LogP contribution in [0.3, 0.4) is 0 Å². The van der Waals surface area contributed by atoms with Crippen molar-refractivity contribution < 1.29 is 14.3 Å². The maximum absolute atomic E-state index is 13.6. The summed E-state index contributed by atoms with van der Waals surface area (Å²) in [5.74, 6) is -0.231. The van der Waals surface area contributed by atoms with Crippen LogP contribution in [-0.2, 0) is 16.1 Å². The van der Waals surface area contributed by atoms with Gasteiger partial charge in [-0.25, -0.2) is 0 Å². The summed E-state index contributed by atoms with van der Waals surface area (Å²) in [7, 11) is 0. The number of aromatic nitrogens is 1. The lowest BCUT2D eigenvalue weighted by atomic mass is 9.83. The van der Waals surface area contributed by atoms with Gasteiger partial charge in [-0.1, -0.05) is 31.0 Å². The highest BCUT2D eigenvalue weighted by molar-refractivity contribution is 5.99. The summed E-state index contributed by atoms with van der Waals surface area (Å²) in [6, 6.07) is 11.7. The van der Waals surface area contributed by atoms with Gasteiger partial charge in [-0.3, -0.25) is 14.5 Å². The van der Waals surface area contributed by atoms with Crippen LogP contribution in [-0.4, -0.2) is 66.2 Å². The standard InChI is InChI=1S/C28H37N5O3/c29-19-24(20-10-11-20)31-27(34)22-7-2-3-8-23(22)30-28(35)26-18-21-6-1-4-9-25(21)33(26)13-5-12-32-14-16-36-17-15-32/h1,4,6,9,18,20,22-24H,2-3,5,7-8,10-17H2,(H,30,35)(H,31,34). The molecule has 8 nitrogen and oxygen atoms in total. The molecule has 3 unspecified atom stereocenters. The van der Waals surface area contributed by atoms with Gasteiger partial charge in [-0.2, -0.15) is 5.26 Å². The zero-order valence-electron chi connectivity index (χ0n) is 21.0. The summed E-state index contributed by atoms with van der Waals surface area (Å²) >= 11 is 0. The molecule has 1 aliphatic heterocycles. The Hall–Kier alpha value is -2.89. The number of aryl methyl sites for hydroxylation is 1. The first-order valence-electron chi connectivity index (χ1n) is 13.5. The summed E-state index contributed by atoms with van der Waals surface area (Å²) in [6.45, 7) is 5.21. The van der Waals surface area contributed by atoms with Gasteiger partial charge >= 0.3 is 0 Å². The molecule has 3 atom stereocenters. The SMILES string of the molecule is N#CC(NC(=O)C1CCCCC1NC(=O)c1cc2ccccc2n1CCCN1CCOCC1)C1CC1. The highest BCUT2D eigenvalue weighted by Crippen LogP contribution is 2.33. The molecule has 2 heterocycles. The molecular formula is C28H37N5O3. The van der Waals surface area contributed by atoms with E-state index >= 15 is 0 Å². The molecule has 1 aromatic heterocycles. The van der Waals surface area contributed by atoms with Gasteiger partial charge in [0.2, 0.25) is 5.91 Å². The summed E-state index contributed by atoms with van der Waals surface area (Å²) in [5, 5.41) is 16.7. The van der Waals surface area contributed by atoms with Gasteiger partial charge in [0.25, 0.3) is 5.91 Å². The zero-order valence-corrected chi connectivity index (χ0v) is 21.0. The second kappa shape index (κ2) is 11.4. The first kappa shape index (κ1) is 24.8. The van der Waals surface area contributed by atoms with E-state index in [-0.39, 0.29) is 29.7 Å². The molecule has 0 bridgehead atoms. The van der Waals surface area contributed by atoms with Crippen LogP contribution in [0.25, 0.3) is 10.9 Å². The Morgan fingerprint density at radius 1 is 1.08 bits per heavy atom. The molecule has 2 aromatic rings. The average molecular weight is 492 g/mol. The number of nitriles is 1. The van der Waals surface area contributed by atoms with Crippen LogP contribution in [0.1, 0.15) is 55.4 Å². The van der Waals surface area contributed by atoms with E-state index in [1.165, 1.54) is 0 Å². The van der Waals surface area contributed by atoms with Gasteiger partial charge in [0.05, 0.1) is 25.2 Å². The molecule has 3 aliphatic rings. The molecule has 2 aliphatic carbocycles. The number of carbonyl (C=O) groups is 2. The monoisotopic (exact) mass is 491 g/mol. The van der Waals surface area contributed by atoms with Crippen molar-refractivity contribution in [2.45, 2.75) is 63.6 Å². The third-order valence-corrected chi connectivity index (χ3v) is 7.95. The van der Waals surface area contributed by atoms with Crippen molar-refractivity contribution in [3.05, 3.63) is 36.0 Å². The summed E-state index contributed by atoms with van der Waals surface area (Å²) < 4.78 is 7.58. The fourth-order valence-corrected chi connectivity index (χ4v) is 5.72. The Bertz CT molecular complexity index is 1110. The van der Waals surface area contributed by atoms with Crippen molar-refractivity contribution in [3.63, 3.8) is 0 Å². The number of hydrogen-bond acceptors (Lipinski definition) is 5. The van der Waals surface area contributed by atoms with Crippen molar-refractivity contribution in [1.29, 1.82) is 5.26 Å². The molecule has 2 N–H and O–H groups in total. The minimum Gasteiger partial charge on any atom is -0.379 e. The quantitative estimate of drug-likeness (QED) is 0.562. The molecule has 36 heavy (non-hydrogen) atoms. The number of nitrogens with one attached hydrogen (secondary N) is 2. The summed E-state index contributed by atoms with van der Waals surface area (Å²) in [6.07, 6.45) is 6.42. The molecule has 0 spiro atoms. The van der Waals surface area contributed by atoms with E-state index in [1.807, 2.05) is 24.3 Å². The van der Waals surface area contributed by atoms with E-state index in [4.69, 9.17) is 4.74 Å². The van der Waals surface area contributed by atoms with Gasteiger partial charge in [0, 0.05) is 43.1 Å². The van der Waals surface area contributed by atoms with Crippen molar-refractivity contribution >= 4 is 22.7 Å². The van der Waals surface area contributed by atoms with Crippen LogP contribution >= 0.6 is 0 Å². The predicted octanol–water partition coefficient (Wildman–Crippen LogP) is 3.07. The molecule has 2 amide bonds. The second-order valence-corrected chi connectivity index (χ2v) is 10.5. The molecule has 1 aromatic carbocycles. The molecule has 8 heteroatoms. The first-order valence-corrected chi connectivity index (χ1v) is 13.5. The highest BCUT2D eigenvalue weighted by Gasteiger charge is 2.37. The van der Waals surface area contributed by atoms with E-state index in [0.717, 1.165) is 95.2 Å². The Morgan fingerprint density at radius 2 is 1.86 bits per heavy atom. The van der Waals surface area contributed by atoms with E-state index < -0.39 is 6.04 Å². The fourth-order valence-electron chi connectivity index (χ4n) is 5.72. The molecular weight excluding hydrogens is 454 g/mol. The Kier molecular flexibility index (Phi) is 7.88. The third kappa shape index (κ3) is 5.74. The van der Waals surface area contributed by atoms with Crippen molar-refractivity contribution in [2.24, 2.45) is 11.8 Å². The first-order chi connectivity index (χ1) is 17.6. The molecule has 3 fully saturated rings. The van der Waals surface area contributed by atoms with Crippen LogP contribution in [0.4, 0.5) is 0 Å². The van der Waals surface area contributed by atoms with Gasteiger partial charge in [-0.05, 0) is 50.2 Å². The number of benzene rings is 1. The Morgan fingerprint density at radius 3 is 2.64 bits per heavy atom. The Balaban J connectivity index is 1.28. The van der Waals surface area contributed by atoms with Crippen molar-refractivity contribution in [3.8, 4) is 6.07 Å². The molecule has 5 rings (SSSR count). The van der Waals surface area contributed by atoms with Crippen LogP contribution < -0.4 is 10.6 Å². The number of para-hydroxylation sites is 1. The number of rotatable bonds is 9. The lowest BCUT2D eigenvalue weighted by Crippen LogP contribution is -2.50. The van der Waals surface area contributed by atoms with Gasteiger partial charge < -0.3 is 19.9 Å². The van der Waals surface area contributed by atoms with Gasteiger partial charge in [0.15, 0.2) is 0 Å². The highest BCUT2D eigenvalue weighted by atomic mass is 16.5. The topological polar surface area (TPSA) is 99.4 Å². The van der Waals surface area contributed by atoms with Gasteiger partial charge in [-0.15, -0.1) is 0 Å². The van der Waals surface area contributed by atoms with Gasteiger partial charge in [0.1, 0.15) is 11.7 Å². The number of ether oxygens (including phenoxy) is 1. The number of morpholine rings is 1. The minimum absolute atomic E-state index is 0.0931. The maximum Gasteiger partial charge on any atom is 0.268 e. The van der Waals surface area contributed by atoms with Crippen molar-refractivity contribution in [2.75, 3.05) is 32.8 Å². The zero-order chi connectivity index (χ0) is 24.9. The predicted molar refractivity (Wildman–Crippen MR) is 137 cm³/mol. The molecule has 2 saturated carbocycles. The van der Waals surface area contributed by atoms with E-state index in [9.17, 15) is 14.9 Å². The number of carbonyl (C=O) groups excluding carboxylic acids is 2. The average Bonchev–Trinajstić information content (AvgIpc) is 3.69. The van der Waals surface area contributed by atoms with Crippen LogP contribution in [0.15, 0.2) is 30.3 Å². The van der Waals surface area contributed by atoms with E-state index in [1.54, 1.807) is 0 Å². The number of nitrogens with zero attached hydrogens (tertiary/aromatic N) is 3. The normalized spacial score (nSPS) is 23.6. The second-order valence-electron chi connectivity index (χ2n) is 10.5. The summed E-state index contributed by atoms with van der Waals surface area (Å²) in [4.78, 5) is 29.1. The van der Waals surface area contributed by atoms with Crippen LogP contribution in [0.2, 0.25) is 0 Å². The maximum atomic E-state index is 13.6. The lowest BCUT2D eigenvalue weighted by molar-refractivity contribution is -0.127. The lowest BCUT2D eigenvalue weighted by Gasteiger charge is -2.32. The molecule has 0 radical (unpaired) electrons. The third-order valence-electron chi connectivity index (χ3n) is 7.95. The van der Waals surface area contributed by atoms with Crippen molar-refractivity contribution in [1.82, 2.24) is 20.1 Å². The van der Waals surface area contributed by atoms with E-state index in [2.05, 4.69) is 32.2 Å².